The fraction of sp³-hybridized carbons (Fsp3) is 0.118. The number of carbonyl (C=O) groups excluding carboxylic acids is 1. The van der Waals surface area contributed by atoms with Gasteiger partial charge >= 0.3 is 0 Å². The number of hydrogen-bond donors (Lipinski definition) is 2. The molecule has 23 heavy (non-hydrogen) atoms. The van der Waals surface area contributed by atoms with Gasteiger partial charge in [0.1, 0.15) is 5.82 Å². The third-order valence-electron chi connectivity index (χ3n) is 3.76. The highest BCUT2D eigenvalue weighted by molar-refractivity contribution is 7.16. The summed E-state index contributed by atoms with van der Waals surface area (Å²) in [6.07, 6.45) is 0. The first-order valence-electron chi connectivity index (χ1n) is 7.29. The smallest absolute Gasteiger partial charge is 0.251 e. The van der Waals surface area contributed by atoms with Crippen molar-refractivity contribution >= 4 is 38.5 Å². The van der Waals surface area contributed by atoms with Crippen LogP contribution in [0.2, 0.25) is 0 Å². The van der Waals surface area contributed by atoms with E-state index in [1.807, 2.05) is 43.3 Å². The number of para-hydroxylation sites is 2. The molecule has 2 N–H and O–H groups in total. The molecule has 0 aliphatic carbocycles. The molecule has 4 aromatic rings. The van der Waals surface area contributed by atoms with Gasteiger partial charge in [-0.05, 0) is 37.3 Å². The summed E-state index contributed by atoms with van der Waals surface area (Å²) >= 11 is 1.53. The van der Waals surface area contributed by atoms with Crippen LogP contribution in [0.4, 0.5) is 0 Å². The molecule has 0 unspecified atom stereocenters. The average molecular weight is 322 g/mol. The Hall–Kier alpha value is -2.73. The van der Waals surface area contributed by atoms with E-state index in [4.69, 9.17) is 0 Å². The number of rotatable bonds is 3. The summed E-state index contributed by atoms with van der Waals surface area (Å²) in [4.78, 5) is 24.4. The van der Waals surface area contributed by atoms with Crippen LogP contribution < -0.4 is 5.32 Å². The Morgan fingerprint density at radius 1 is 1.22 bits per heavy atom. The Balaban J connectivity index is 1.57. The second kappa shape index (κ2) is 5.48. The molecule has 0 saturated heterocycles. The predicted molar refractivity (Wildman–Crippen MR) is 91.6 cm³/mol. The van der Waals surface area contributed by atoms with Crippen molar-refractivity contribution < 1.29 is 4.79 Å². The number of carbonyl (C=O) groups is 1. The Kier molecular flexibility index (Phi) is 3.31. The summed E-state index contributed by atoms with van der Waals surface area (Å²) in [6.45, 7) is 1.92. The molecule has 5 nitrogen and oxygen atoms in total. The maximum Gasteiger partial charge on any atom is 0.251 e. The summed E-state index contributed by atoms with van der Waals surface area (Å²) in [5, 5.41) is 2.98. The lowest BCUT2D eigenvalue weighted by atomic mass is 10.2. The zero-order valence-electron chi connectivity index (χ0n) is 12.4. The molecular formula is C17H14N4OS. The summed E-state index contributed by atoms with van der Waals surface area (Å²) in [5.74, 6) is 0.631. The van der Waals surface area contributed by atoms with Crippen molar-refractivity contribution in [2.24, 2.45) is 0 Å². The van der Waals surface area contributed by atoms with E-state index in [2.05, 4.69) is 20.3 Å². The second-order valence-electron chi connectivity index (χ2n) is 5.37. The maximum atomic E-state index is 12.4. The van der Waals surface area contributed by atoms with E-state index in [-0.39, 0.29) is 11.9 Å². The third kappa shape index (κ3) is 2.57. The van der Waals surface area contributed by atoms with Crippen molar-refractivity contribution in [2.75, 3.05) is 0 Å². The van der Waals surface area contributed by atoms with Crippen molar-refractivity contribution in [3.8, 4) is 0 Å². The molecule has 0 radical (unpaired) electrons. The van der Waals surface area contributed by atoms with Gasteiger partial charge in [-0.1, -0.05) is 12.1 Å². The molecule has 1 atom stereocenters. The molecule has 6 heteroatoms. The summed E-state index contributed by atoms with van der Waals surface area (Å²) in [5.41, 5.74) is 5.19. The van der Waals surface area contributed by atoms with Gasteiger partial charge in [0.05, 0.1) is 32.8 Å². The van der Waals surface area contributed by atoms with Gasteiger partial charge in [-0.15, -0.1) is 11.3 Å². The van der Waals surface area contributed by atoms with Crippen LogP contribution >= 0.6 is 11.3 Å². The van der Waals surface area contributed by atoms with Crippen LogP contribution in [0.3, 0.4) is 0 Å². The number of aromatic nitrogens is 3. The van der Waals surface area contributed by atoms with Gasteiger partial charge in [-0.25, -0.2) is 9.97 Å². The Morgan fingerprint density at radius 2 is 2.09 bits per heavy atom. The molecule has 1 amide bonds. The molecule has 0 aliphatic heterocycles. The highest BCUT2D eigenvalue weighted by atomic mass is 32.1. The minimum Gasteiger partial charge on any atom is -0.342 e. The third-order valence-corrected chi connectivity index (χ3v) is 4.55. The van der Waals surface area contributed by atoms with Gasteiger partial charge in [-0.3, -0.25) is 4.79 Å². The Morgan fingerprint density at radius 3 is 2.96 bits per heavy atom. The number of fused-ring (bicyclic) bond motifs is 2. The number of benzene rings is 2. The van der Waals surface area contributed by atoms with E-state index in [1.54, 1.807) is 11.6 Å². The molecule has 2 aromatic carbocycles. The minimum absolute atomic E-state index is 0.117. The monoisotopic (exact) mass is 322 g/mol. The maximum absolute atomic E-state index is 12.4. The zero-order chi connectivity index (χ0) is 15.8. The van der Waals surface area contributed by atoms with E-state index < -0.39 is 0 Å². The SMILES string of the molecule is C[C@H](NC(=O)c1ccc2ncsc2c1)c1nc2ccccc2[nH]1. The lowest BCUT2D eigenvalue weighted by Gasteiger charge is -2.11. The lowest BCUT2D eigenvalue weighted by Crippen LogP contribution is -2.27. The number of thiazole rings is 1. The molecule has 0 fully saturated rings. The summed E-state index contributed by atoms with van der Waals surface area (Å²) in [7, 11) is 0. The number of aromatic amines is 1. The highest BCUT2D eigenvalue weighted by Gasteiger charge is 2.15. The number of nitrogens with zero attached hydrogens (tertiary/aromatic N) is 2. The second-order valence-corrected chi connectivity index (χ2v) is 6.26. The molecule has 0 saturated carbocycles. The van der Waals surface area contributed by atoms with E-state index in [0.717, 1.165) is 27.1 Å². The summed E-state index contributed by atoms with van der Waals surface area (Å²) in [6, 6.07) is 13.1. The summed E-state index contributed by atoms with van der Waals surface area (Å²) < 4.78 is 1.01. The molecule has 114 valence electrons. The van der Waals surface area contributed by atoms with Crippen LogP contribution in [-0.2, 0) is 0 Å². The first kappa shape index (κ1) is 13.9. The van der Waals surface area contributed by atoms with Gasteiger partial charge in [0.15, 0.2) is 0 Å². The number of nitrogens with one attached hydrogen (secondary N) is 2. The van der Waals surface area contributed by atoms with E-state index >= 15 is 0 Å². The lowest BCUT2D eigenvalue weighted by molar-refractivity contribution is 0.0938. The molecule has 0 spiro atoms. The molecule has 0 aliphatic rings. The molecular weight excluding hydrogens is 308 g/mol. The number of H-pyrrole nitrogens is 1. The fourth-order valence-electron chi connectivity index (χ4n) is 2.52. The molecule has 2 heterocycles. The van der Waals surface area contributed by atoms with E-state index in [9.17, 15) is 4.79 Å². The van der Waals surface area contributed by atoms with Crippen LogP contribution in [-0.4, -0.2) is 20.9 Å². The molecule has 0 bridgehead atoms. The van der Waals surface area contributed by atoms with Crippen LogP contribution in [0.5, 0.6) is 0 Å². The Bertz CT molecular complexity index is 971. The number of imidazole rings is 1. The predicted octanol–water partition coefficient (Wildman–Crippen LogP) is 3.66. The standard InChI is InChI=1S/C17H14N4OS/c1-10(16-20-12-4-2-3-5-13(12)21-16)19-17(22)11-6-7-14-15(8-11)23-9-18-14/h2-10H,1H3,(H,19,22)(H,20,21)/t10-/m0/s1. The van der Waals surface area contributed by atoms with Gasteiger partial charge in [-0.2, -0.15) is 0 Å². The van der Waals surface area contributed by atoms with Gasteiger partial charge < -0.3 is 10.3 Å². The normalized spacial score (nSPS) is 12.6. The largest absolute Gasteiger partial charge is 0.342 e. The van der Waals surface area contributed by atoms with Crippen molar-refractivity contribution in [3.05, 3.63) is 59.4 Å². The first-order chi connectivity index (χ1) is 11.2. The van der Waals surface area contributed by atoms with Crippen LogP contribution in [0.15, 0.2) is 48.0 Å². The number of hydrogen-bond acceptors (Lipinski definition) is 4. The van der Waals surface area contributed by atoms with E-state index in [0.29, 0.717) is 5.56 Å². The van der Waals surface area contributed by atoms with Crippen LogP contribution in [0, 0.1) is 0 Å². The molecule has 2 aromatic heterocycles. The minimum atomic E-state index is -0.202. The average Bonchev–Trinajstić information content (AvgIpc) is 3.20. The first-order valence-corrected chi connectivity index (χ1v) is 8.17. The van der Waals surface area contributed by atoms with Crippen LogP contribution in [0.25, 0.3) is 21.3 Å². The van der Waals surface area contributed by atoms with E-state index in [1.165, 1.54) is 11.3 Å². The molecule has 4 rings (SSSR count). The van der Waals surface area contributed by atoms with Gasteiger partial charge in [0.2, 0.25) is 0 Å². The van der Waals surface area contributed by atoms with Gasteiger partial charge in [0.25, 0.3) is 5.91 Å². The van der Waals surface area contributed by atoms with Crippen molar-refractivity contribution in [1.82, 2.24) is 20.3 Å². The number of amides is 1. The van der Waals surface area contributed by atoms with Crippen LogP contribution in [0.1, 0.15) is 29.1 Å². The fourth-order valence-corrected chi connectivity index (χ4v) is 3.24. The zero-order valence-corrected chi connectivity index (χ0v) is 13.2. The van der Waals surface area contributed by atoms with Crippen molar-refractivity contribution in [2.45, 2.75) is 13.0 Å². The highest BCUT2D eigenvalue weighted by Crippen LogP contribution is 2.20. The quantitative estimate of drug-likeness (QED) is 0.604. The van der Waals surface area contributed by atoms with Gasteiger partial charge in [0, 0.05) is 5.56 Å². The van der Waals surface area contributed by atoms with Crippen molar-refractivity contribution in [1.29, 1.82) is 0 Å². The topological polar surface area (TPSA) is 70.7 Å². The Labute approximate surface area is 136 Å². The van der Waals surface area contributed by atoms with Crippen molar-refractivity contribution in [3.63, 3.8) is 0 Å².